The van der Waals surface area contributed by atoms with E-state index in [0.717, 1.165) is 16.7 Å². The largest absolute Gasteiger partial charge is 0.461 e. The smallest absolute Gasteiger partial charge is 0.225 e. The molecule has 1 heterocycles. The molecule has 0 radical (unpaired) electrons. The van der Waals surface area contributed by atoms with Crippen molar-refractivity contribution in [1.29, 1.82) is 0 Å². The van der Waals surface area contributed by atoms with E-state index >= 15 is 0 Å². The van der Waals surface area contributed by atoms with Crippen LogP contribution in [-0.2, 0) is 38.8 Å². The maximum absolute atomic E-state index is 10.0. The van der Waals surface area contributed by atoms with Crippen LogP contribution in [0.1, 0.15) is 16.7 Å². The molecule has 1 aliphatic rings. The molecule has 1 unspecified atom stereocenters. The normalized spacial score (nSPS) is 21.5. The molecule has 6 heteroatoms. The van der Waals surface area contributed by atoms with Gasteiger partial charge in [0.2, 0.25) is 6.29 Å². The van der Waals surface area contributed by atoms with E-state index < -0.39 is 24.6 Å². The van der Waals surface area contributed by atoms with Crippen LogP contribution in [0.3, 0.4) is 0 Å². The zero-order valence-corrected chi connectivity index (χ0v) is 23.0. The van der Waals surface area contributed by atoms with Gasteiger partial charge in [0.1, 0.15) is 24.1 Å². The summed E-state index contributed by atoms with van der Waals surface area (Å²) in [5, 5.41) is 10.0. The van der Waals surface area contributed by atoms with Crippen molar-refractivity contribution in [3.8, 4) is 5.75 Å². The van der Waals surface area contributed by atoms with Crippen LogP contribution in [0.4, 0.5) is 0 Å². The number of para-hydroxylation sites is 1. The zero-order valence-electron chi connectivity index (χ0n) is 23.0. The second-order valence-electron chi connectivity index (χ2n) is 9.80. The van der Waals surface area contributed by atoms with Crippen LogP contribution in [0.5, 0.6) is 5.75 Å². The van der Waals surface area contributed by atoms with E-state index in [0.29, 0.717) is 31.1 Å². The Kier molecular flexibility index (Phi) is 10.7. The van der Waals surface area contributed by atoms with Gasteiger partial charge in [0.25, 0.3) is 0 Å². The predicted octanol–water partition coefficient (Wildman–Crippen LogP) is 6.10. The summed E-state index contributed by atoms with van der Waals surface area (Å²) in [5.41, 5.74) is 3.81. The van der Waals surface area contributed by atoms with Crippen LogP contribution in [0.2, 0.25) is 0 Å². The Balaban J connectivity index is 1.43. The molecule has 1 aliphatic heterocycles. The summed E-state index contributed by atoms with van der Waals surface area (Å²) in [4.78, 5) is 0. The Morgan fingerprint density at radius 1 is 0.634 bits per heavy atom. The molecule has 4 aromatic rings. The van der Waals surface area contributed by atoms with Crippen LogP contribution < -0.4 is 4.74 Å². The van der Waals surface area contributed by atoms with Gasteiger partial charge in [-0.25, -0.2) is 0 Å². The van der Waals surface area contributed by atoms with Crippen LogP contribution in [0.15, 0.2) is 133 Å². The van der Waals surface area contributed by atoms with Gasteiger partial charge in [0, 0.05) is 5.57 Å². The van der Waals surface area contributed by atoms with Gasteiger partial charge in [-0.1, -0.05) is 115 Å². The second-order valence-corrected chi connectivity index (χ2v) is 9.80. The summed E-state index contributed by atoms with van der Waals surface area (Å²) in [5.74, 6) is 0.649. The zero-order chi connectivity index (χ0) is 28.1. The molecular weight excluding hydrogens is 516 g/mol. The third-order valence-electron chi connectivity index (χ3n) is 6.83. The molecular formula is C35H36O6. The molecule has 6 nitrogen and oxygen atoms in total. The molecule has 1 N–H and O–H groups in total. The molecule has 0 saturated carbocycles. The number of aliphatic hydroxyl groups is 1. The first-order valence-electron chi connectivity index (χ1n) is 13.9. The fraction of sp³-hybridized carbons (Fsp3) is 0.257. The van der Waals surface area contributed by atoms with Gasteiger partial charge < -0.3 is 28.8 Å². The highest BCUT2D eigenvalue weighted by Crippen LogP contribution is 2.33. The SMILES string of the molecule is OC/C=C1\C(Oc2ccccc2)O[C@H](COCc2ccccc2)[C@H](OCc2ccccc2)[C@@H]1OCc1ccccc1. The first kappa shape index (κ1) is 28.7. The van der Waals surface area contributed by atoms with Crippen molar-refractivity contribution in [2.24, 2.45) is 0 Å². The van der Waals surface area contributed by atoms with Gasteiger partial charge in [-0.3, -0.25) is 0 Å². The Morgan fingerprint density at radius 2 is 1.15 bits per heavy atom. The van der Waals surface area contributed by atoms with E-state index in [2.05, 4.69) is 0 Å². The van der Waals surface area contributed by atoms with Crippen molar-refractivity contribution < 1.29 is 28.8 Å². The number of benzene rings is 4. The lowest BCUT2D eigenvalue weighted by molar-refractivity contribution is -0.229. The average Bonchev–Trinajstić information content (AvgIpc) is 3.03. The van der Waals surface area contributed by atoms with Crippen molar-refractivity contribution in [1.82, 2.24) is 0 Å². The van der Waals surface area contributed by atoms with Gasteiger partial charge in [0.15, 0.2) is 0 Å². The van der Waals surface area contributed by atoms with Crippen molar-refractivity contribution in [3.05, 3.63) is 150 Å². The third kappa shape index (κ3) is 8.36. The first-order chi connectivity index (χ1) is 20.3. The predicted molar refractivity (Wildman–Crippen MR) is 157 cm³/mol. The van der Waals surface area contributed by atoms with Gasteiger partial charge in [0.05, 0.1) is 33.0 Å². The summed E-state index contributed by atoms with van der Waals surface area (Å²) in [6.07, 6.45) is -0.689. The molecule has 5 rings (SSSR count). The van der Waals surface area contributed by atoms with E-state index in [1.165, 1.54) is 0 Å². The minimum atomic E-state index is -0.799. The molecule has 41 heavy (non-hydrogen) atoms. The molecule has 0 aromatic heterocycles. The Morgan fingerprint density at radius 3 is 1.71 bits per heavy atom. The van der Waals surface area contributed by atoms with E-state index in [9.17, 15) is 5.11 Å². The Bertz CT molecular complexity index is 1310. The lowest BCUT2D eigenvalue weighted by atomic mass is 9.95. The Hall–Kier alpha value is -3.78. The summed E-state index contributed by atoms with van der Waals surface area (Å²) in [7, 11) is 0. The lowest BCUT2D eigenvalue weighted by Crippen LogP contribution is -2.55. The minimum absolute atomic E-state index is 0.195. The Labute approximate surface area is 241 Å². The molecule has 0 amide bonds. The summed E-state index contributed by atoms with van der Waals surface area (Å²) in [6.45, 7) is 1.23. The number of hydrogen-bond donors (Lipinski definition) is 1. The maximum Gasteiger partial charge on any atom is 0.225 e. The highest BCUT2D eigenvalue weighted by atomic mass is 16.7. The van der Waals surface area contributed by atoms with Crippen molar-refractivity contribution >= 4 is 0 Å². The number of ether oxygens (including phenoxy) is 5. The molecule has 0 aliphatic carbocycles. The molecule has 4 atom stereocenters. The molecule has 0 bridgehead atoms. The van der Waals surface area contributed by atoms with Crippen LogP contribution in [0, 0.1) is 0 Å². The highest BCUT2D eigenvalue weighted by molar-refractivity contribution is 5.26. The monoisotopic (exact) mass is 552 g/mol. The second kappa shape index (κ2) is 15.3. The molecule has 4 aromatic carbocycles. The third-order valence-corrected chi connectivity index (χ3v) is 6.83. The minimum Gasteiger partial charge on any atom is -0.461 e. The topological polar surface area (TPSA) is 66.4 Å². The van der Waals surface area contributed by atoms with Crippen molar-refractivity contribution in [2.45, 2.75) is 44.4 Å². The first-order valence-corrected chi connectivity index (χ1v) is 13.9. The quantitative estimate of drug-likeness (QED) is 0.202. The molecule has 212 valence electrons. The van der Waals surface area contributed by atoms with Crippen LogP contribution >= 0.6 is 0 Å². The van der Waals surface area contributed by atoms with Crippen molar-refractivity contribution in [3.63, 3.8) is 0 Å². The van der Waals surface area contributed by atoms with Gasteiger partial charge in [-0.15, -0.1) is 0 Å². The standard InChI is InChI=1S/C35H36O6/c36-22-21-31-33(38-24-28-15-7-2-8-16-28)34(39-25-29-17-9-3-10-18-29)32(26-37-23-27-13-5-1-6-14-27)41-35(31)40-30-19-11-4-12-20-30/h1-21,32-36H,22-26H2/b31-21-/t32-,33-,34+,35?/m1/s1. The van der Waals surface area contributed by atoms with Gasteiger partial charge >= 0.3 is 0 Å². The number of hydrogen-bond acceptors (Lipinski definition) is 6. The van der Waals surface area contributed by atoms with Gasteiger partial charge in [-0.2, -0.15) is 0 Å². The summed E-state index contributed by atoms with van der Waals surface area (Å²) < 4.78 is 32.2. The van der Waals surface area contributed by atoms with Crippen LogP contribution in [0.25, 0.3) is 0 Å². The fourth-order valence-corrected chi connectivity index (χ4v) is 4.78. The van der Waals surface area contributed by atoms with E-state index in [1.54, 1.807) is 6.08 Å². The molecule has 1 fully saturated rings. The van der Waals surface area contributed by atoms with Crippen LogP contribution in [-0.4, -0.2) is 42.9 Å². The maximum atomic E-state index is 10.0. The van der Waals surface area contributed by atoms with Crippen molar-refractivity contribution in [2.75, 3.05) is 13.2 Å². The molecule has 1 saturated heterocycles. The van der Waals surface area contributed by atoms with Gasteiger partial charge in [-0.05, 0) is 28.8 Å². The number of aliphatic hydroxyl groups excluding tert-OH is 1. The average molecular weight is 553 g/mol. The molecule has 0 spiro atoms. The van der Waals surface area contributed by atoms with E-state index in [1.807, 2.05) is 121 Å². The van der Waals surface area contributed by atoms with E-state index in [4.69, 9.17) is 23.7 Å². The fourth-order valence-electron chi connectivity index (χ4n) is 4.78. The number of rotatable bonds is 13. The lowest BCUT2D eigenvalue weighted by Gasteiger charge is -2.43. The van der Waals surface area contributed by atoms with E-state index in [-0.39, 0.29) is 13.2 Å². The summed E-state index contributed by atoms with van der Waals surface area (Å²) >= 11 is 0. The highest BCUT2D eigenvalue weighted by Gasteiger charge is 2.45. The summed E-state index contributed by atoms with van der Waals surface area (Å²) in [6, 6.07) is 39.5.